The first-order valence-corrected chi connectivity index (χ1v) is 7.00. The van der Waals surface area contributed by atoms with Gasteiger partial charge in [-0.2, -0.15) is 5.10 Å². The van der Waals surface area contributed by atoms with Crippen LogP contribution in [-0.2, 0) is 14.0 Å². The number of hydrogen-bond donors (Lipinski definition) is 0. The molecule has 0 spiro atoms. The van der Waals surface area contributed by atoms with Crippen LogP contribution in [0.4, 0.5) is 0 Å². The van der Waals surface area contributed by atoms with Gasteiger partial charge >= 0.3 is 7.12 Å². The molecule has 2 saturated heterocycles. The zero-order valence-electron chi connectivity index (χ0n) is 11.7. The number of ether oxygens (including phenoxy) is 1. The van der Waals surface area contributed by atoms with Crippen LogP contribution in [-0.4, -0.2) is 43.3 Å². The third-order valence-electron chi connectivity index (χ3n) is 3.69. The summed E-state index contributed by atoms with van der Waals surface area (Å²) in [5.41, 5.74) is 0.974. The Kier molecular flexibility index (Phi) is 3.65. The summed E-state index contributed by atoms with van der Waals surface area (Å²) in [6.45, 7) is 7.35. The van der Waals surface area contributed by atoms with Crippen molar-refractivity contribution < 1.29 is 14.0 Å². The van der Waals surface area contributed by atoms with E-state index >= 15 is 0 Å². The monoisotopic (exact) mass is 264 g/mol. The second-order valence-electron chi connectivity index (χ2n) is 6.18. The molecule has 0 saturated carbocycles. The van der Waals surface area contributed by atoms with Gasteiger partial charge in [0.05, 0.1) is 11.6 Å². The number of rotatable bonds is 2. The van der Waals surface area contributed by atoms with Crippen LogP contribution in [0.1, 0.15) is 32.7 Å². The molecule has 0 aliphatic carbocycles. The number of aromatic nitrogens is 2. The topological polar surface area (TPSA) is 45.5 Å². The Morgan fingerprint density at radius 1 is 1.26 bits per heavy atom. The van der Waals surface area contributed by atoms with Crippen molar-refractivity contribution in [3.8, 4) is 0 Å². The summed E-state index contributed by atoms with van der Waals surface area (Å²) in [7, 11) is -0.311. The average molecular weight is 264 g/mol. The maximum absolute atomic E-state index is 5.76. The first-order valence-electron chi connectivity index (χ1n) is 7.00. The van der Waals surface area contributed by atoms with Crippen LogP contribution in [0.3, 0.4) is 0 Å². The fourth-order valence-corrected chi connectivity index (χ4v) is 2.49. The lowest BCUT2D eigenvalue weighted by atomic mass is 9.80. The Morgan fingerprint density at radius 2 is 1.95 bits per heavy atom. The van der Waals surface area contributed by atoms with Gasteiger partial charge in [0.15, 0.2) is 0 Å². The SMILES string of the molecule is CC1(C)COB(c2ccn(C3CCOCC3)n2)OC1. The molecule has 0 unspecified atom stereocenters. The van der Waals surface area contributed by atoms with Gasteiger partial charge in [-0.1, -0.05) is 13.8 Å². The van der Waals surface area contributed by atoms with Gasteiger partial charge in [0.25, 0.3) is 0 Å². The number of nitrogens with zero attached hydrogens (tertiary/aromatic N) is 2. The van der Waals surface area contributed by atoms with Crippen molar-refractivity contribution in [1.82, 2.24) is 9.78 Å². The molecule has 1 aromatic rings. The van der Waals surface area contributed by atoms with E-state index in [1.807, 2.05) is 16.9 Å². The standard InChI is InChI=1S/C13H21BN2O3/c1-13(2)9-18-14(19-10-13)12-3-6-16(15-12)11-4-7-17-8-5-11/h3,6,11H,4-5,7-10H2,1-2H3. The molecule has 0 atom stereocenters. The van der Waals surface area contributed by atoms with E-state index in [0.717, 1.165) is 31.6 Å². The lowest BCUT2D eigenvalue weighted by Gasteiger charge is -2.32. The Morgan fingerprint density at radius 3 is 2.63 bits per heavy atom. The van der Waals surface area contributed by atoms with Gasteiger partial charge in [-0.05, 0) is 18.9 Å². The molecule has 6 heteroatoms. The highest BCUT2D eigenvalue weighted by molar-refractivity contribution is 6.60. The van der Waals surface area contributed by atoms with E-state index in [0.29, 0.717) is 19.3 Å². The highest BCUT2D eigenvalue weighted by atomic mass is 16.6. The minimum atomic E-state index is -0.311. The van der Waals surface area contributed by atoms with E-state index in [1.165, 1.54) is 0 Å². The fraction of sp³-hybridized carbons (Fsp3) is 0.769. The van der Waals surface area contributed by atoms with Crippen LogP contribution in [0, 0.1) is 5.41 Å². The maximum atomic E-state index is 5.76. The fourth-order valence-electron chi connectivity index (χ4n) is 2.49. The minimum Gasteiger partial charge on any atom is -0.406 e. The molecule has 2 fully saturated rings. The van der Waals surface area contributed by atoms with E-state index in [2.05, 4.69) is 18.9 Å². The molecule has 3 heterocycles. The molecule has 2 aliphatic rings. The Labute approximate surface area is 114 Å². The summed E-state index contributed by atoms with van der Waals surface area (Å²) >= 11 is 0. The first-order chi connectivity index (χ1) is 9.14. The smallest absolute Gasteiger partial charge is 0.406 e. The zero-order valence-corrected chi connectivity index (χ0v) is 11.7. The molecule has 19 heavy (non-hydrogen) atoms. The molecular formula is C13H21BN2O3. The summed E-state index contributed by atoms with van der Waals surface area (Å²) in [6.07, 6.45) is 4.08. The molecule has 0 bridgehead atoms. The normalized spacial score (nSPS) is 24.6. The largest absolute Gasteiger partial charge is 0.515 e. The van der Waals surface area contributed by atoms with Crippen LogP contribution in [0.15, 0.2) is 12.3 Å². The summed E-state index contributed by atoms with van der Waals surface area (Å²) in [6, 6.07) is 2.45. The number of hydrogen-bond acceptors (Lipinski definition) is 4. The van der Waals surface area contributed by atoms with Crippen molar-refractivity contribution in [2.75, 3.05) is 26.4 Å². The molecule has 104 valence electrons. The average Bonchev–Trinajstić information content (AvgIpc) is 2.89. The Bertz CT molecular complexity index is 419. The Balaban J connectivity index is 1.64. The lowest BCUT2D eigenvalue weighted by Crippen LogP contribution is -2.48. The van der Waals surface area contributed by atoms with Crippen molar-refractivity contribution in [2.45, 2.75) is 32.7 Å². The summed E-state index contributed by atoms with van der Waals surface area (Å²) in [4.78, 5) is 0. The maximum Gasteiger partial charge on any atom is 0.515 e. The van der Waals surface area contributed by atoms with E-state index < -0.39 is 0 Å². The van der Waals surface area contributed by atoms with Crippen LogP contribution >= 0.6 is 0 Å². The van der Waals surface area contributed by atoms with E-state index in [4.69, 9.17) is 14.0 Å². The van der Waals surface area contributed by atoms with Crippen LogP contribution in [0.5, 0.6) is 0 Å². The van der Waals surface area contributed by atoms with Gasteiger partial charge in [0.2, 0.25) is 0 Å². The van der Waals surface area contributed by atoms with Gasteiger partial charge in [-0.25, -0.2) is 0 Å². The van der Waals surface area contributed by atoms with Crippen molar-refractivity contribution in [2.24, 2.45) is 5.41 Å². The van der Waals surface area contributed by atoms with Gasteiger partial charge < -0.3 is 14.0 Å². The van der Waals surface area contributed by atoms with Gasteiger partial charge in [-0.15, -0.1) is 0 Å². The summed E-state index contributed by atoms with van der Waals surface area (Å²) < 4.78 is 18.9. The van der Waals surface area contributed by atoms with Gasteiger partial charge in [0.1, 0.15) is 0 Å². The van der Waals surface area contributed by atoms with E-state index in [-0.39, 0.29) is 12.5 Å². The second kappa shape index (κ2) is 5.27. The molecule has 3 rings (SSSR count). The highest BCUT2D eigenvalue weighted by Gasteiger charge is 2.35. The van der Waals surface area contributed by atoms with Gasteiger partial charge in [0, 0.05) is 38.0 Å². The van der Waals surface area contributed by atoms with Crippen molar-refractivity contribution in [3.63, 3.8) is 0 Å². The van der Waals surface area contributed by atoms with Crippen LogP contribution in [0.2, 0.25) is 0 Å². The third kappa shape index (κ3) is 3.01. The molecule has 0 amide bonds. The minimum absolute atomic E-state index is 0.0970. The highest BCUT2D eigenvalue weighted by Crippen LogP contribution is 2.22. The van der Waals surface area contributed by atoms with Crippen molar-refractivity contribution in [1.29, 1.82) is 0 Å². The van der Waals surface area contributed by atoms with Crippen LogP contribution in [0.25, 0.3) is 0 Å². The summed E-state index contributed by atoms with van der Waals surface area (Å²) in [5, 5.41) is 4.62. The molecule has 0 aromatic carbocycles. The predicted molar refractivity (Wildman–Crippen MR) is 72.4 cm³/mol. The molecule has 1 aromatic heterocycles. The second-order valence-corrected chi connectivity index (χ2v) is 6.18. The zero-order chi connectivity index (χ0) is 13.3. The molecule has 2 aliphatic heterocycles. The molecular weight excluding hydrogens is 243 g/mol. The summed E-state index contributed by atoms with van der Waals surface area (Å²) in [5.74, 6) is 0. The van der Waals surface area contributed by atoms with Crippen LogP contribution < -0.4 is 5.59 Å². The molecule has 5 nitrogen and oxygen atoms in total. The predicted octanol–water partition coefficient (Wildman–Crippen LogP) is 1.00. The Hall–Kier alpha value is -0.845. The quantitative estimate of drug-likeness (QED) is 0.748. The third-order valence-corrected chi connectivity index (χ3v) is 3.69. The van der Waals surface area contributed by atoms with Crippen molar-refractivity contribution >= 4 is 12.7 Å². The van der Waals surface area contributed by atoms with Gasteiger partial charge in [-0.3, -0.25) is 4.68 Å². The van der Waals surface area contributed by atoms with E-state index in [9.17, 15) is 0 Å². The first kappa shape index (κ1) is 13.2. The lowest BCUT2D eigenvalue weighted by molar-refractivity contribution is 0.0338. The van der Waals surface area contributed by atoms with Crippen molar-refractivity contribution in [3.05, 3.63) is 12.3 Å². The van der Waals surface area contributed by atoms with E-state index in [1.54, 1.807) is 0 Å². The molecule has 0 N–H and O–H groups in total. The molecule has 0 radical (unpaired) electrons.